The molecule has 3 aromatic rings. The molecule has 3 rings (SSSR count). The predicted molar refractivity (Wildman–Crippen MR) is 81.8 cm³/mol. The van der Waals surface area contributed by atoms with Gasteiger partial charge in [0.25, 0.3) is 0 Å². The zero-order valence-corrected chi connectivity index (χ0v) is 12.9. The maximum absolute atomic E-state index is 5.91. The van der Waals surface area contributed by atoms with Gasteiger partial charge in [-0.1, -0.05) is 45.8 Å². The zero-order chi connectivity index (χ0) is 12.7. The Labute approximate surface area is 122 Å². The highest BCUT2D eigenvalue weighted by Gasteiger charge is 2.13. The molecule has 0 aliphatic carbocycles. The Morgan fingerprint density at radius 2 is 1.67 bits per heavy atom. The van der Waals surface area contributed by atoms with Gasteiger partial charge in [-0.15, -0.1) is 0 Å². The summed E-state index contributed by atoms with van der Waals surface area (Å²) >= 11 is 7.11. The van der Waals surface area contributed by atoms with Crippen molar-refractivity contribution in [3.63, 3.8) is 0 Å². The molecule has 0 spiro atoms. The minimum Gasteiger partial charge on any atom is -0.455 e. The van der Waals surface area contributed by atoms with E-state index in [1.54, 1.807) is 0 Å². The standard InChI is InChI=1S/C15H10Br2O/c1-9-2-4-10(5-3-9)15-14(17)12-8-11(16)6-7-13(12)18-15/h2-8H,1H3. The van der Waals surface area contributed by atoms with E-state index in [1.165, 1.54) is 5.56 Å². The van der Waals surface area contributed by atoms with Crippen LogP contribution in [-0.4, -0.2) is 0 Å². The van der Waals surface area contributed by atoms with Crippen LogP contribution in [0.2, 0.25) is 0 Å². The van der Waals surface area contributed by atoms with Gasteiger partial charge in [-0.2, -0.15) is 0 Å². The van der Waals surface area contributed by atoms with Crippen molar-refractivity contribution in [2.24, 2.45) is 0 Å². The monoisotopic (exact) mass is 364 g/mol. The summed E-state index contributed by atoms with van der Waals surface area (Å²) in [6.45, 7) is 2.08. The number of halogens is 2. The molecule has 3 heteroatoms. The lowest BCUT2D eigenvalue weighted by Gasteiger charge is -1.98. The second-order valence-corrected chi connectivity index (χ2v) is 5.96. The van der Waals surface area contributed by atoms with Gasteiger partial charge in [0, 0.05) is 15.4 Å². The lowest BCUT2D eigenvalue weighted by Crippen LogP contribution is -1.76. The number of benzene rings is 2. The van der Waals surface area contributed by atoms with Crippen LogP contribution >= 0.6 is 31.9 Å². The summed E-state index contributed by atoms with van der Waals surface area (Å²) < 4.78 is 7.96. The SMILES string of the molecule is Cc1ccc(-c2oc3ccc(Br)cc3c2Br)cc1. The van der Waals surface area contributed by atoms with E-state index in [-0.39, 0.29) is 0 Å². The molecule has 0 atom stereocenters. The first-order chi connectivity index (χ1) is 8.65. The van der Waals surface area contributed by atoms with Crippen LogP contribution in [0.5, 0.6) is 0 Å². The largest absolute Gasteiger partial charge is 0.455 e. The van der Waals surface area contributed by atoms with Crippen LogP contribution in [0.25, 0.3) is 22.3 Å². The molecule has 2 aromatic carbocycles. The fourth-order valence-electron chi connectivity index (χ4n) is 1.93. The maximum Gasteiger partial charge on any atom is 0.149 e. The van der Waals surface area contributed by atoms with Gasteiger partial charge in [-0.25, -0.2) is 0 Å². The van der Waals surface area contributed by atoms with Crippen molar-refractivity contribution in [1.82, 2.24) is 0 Å². The summed E-state index contributed by atoms with van der Waals surface area (Å²) in [6, 6.07) is 14.3. The lowest BCUT2D eigenvalue weighted by molar-refractivity contribution is 0.630. The van der Waals surface area contributed by atoms with Gasteiger partial charge in [0.1, 0.15) is 11.3 Å². The van der Waals surface area contributed by atoms with Gasteiger partial charge >= 0.3 is 0 Å². The number of hydrogen-bond acceptors (Lipinski definition) is 1. The summed E-state index contributed by atoms with van der Waals surface area (Å²) in [7, 11) is 0. The Balaban J connectivity index is 2.23. The first-order valence-electron chi connectivity index (χ1n) is 5.60. The van der Waals surface area contributed by atoms with Gasteiger partial charge in [-0.3, -0.25) is 0 Å². The summed E-state index contributed by atoms with van der Waals surface area (Å²) in [5.74, 6) is 0.878. The van der Waals surface area contributed by atoms with E-state index >= 15 is 0 Å². The van der Waals surface area contributed by atoms with Gasteiger partial charge in [0.15, 0.2) is 0 Å². The molecule has 0 saturated heterocycles. The predicted octanol–water partition coefficient (Wildman–Crippen LogP) is 5.93. The second-order valence-electron chi connectivity index (χ2n) is 4.25. The molecule has 0 saturated carbocycles. The fraction of sp³-hybridized carbons (Fsp3) is 0.0667. The number of aryl methyl sites for hydroxylation is 1. The van der Waals surface area contributed by atoms with Gasteiger partial charge in [-0.05, 0) is 41.1 Å². The van der Waals surface area contributed by atoms with Crippen molar-refractivity contribution in [2.45, 2.75) is 6.92 Å². The smallest absolute Gasteiger partial charge is 0.149 e. The summed E-state index contributed by atoms with van der Waals surface area (Å²) in [5, 5.41) is 1.08. The Morgan fingerprint density at radius 1 is 0.944 bits per heavy atom. The third kappa shape index (κ3) is 2.02. The van der Waals surface area contributed by atoms with E-state index in [9.17, 15) is 0 Å². The van der Waals surface area contributed by atoms with Crippen molar-refractivity contribution in [2.75, 3.05) is 0 Å². The van der Waals surface area contributed by atoms with E-state index in [2.05, 4.69) is 69.1 Å². The number of rotatable bonds is 1. The highest BCUT2D eigenvalue weighted by atomic mass is 79.9. The van der Waals surface area contributed by atoms with Crippen LogP contribution in [0.3, 0.4) is 0 Å². The molecule has 0 N–H and O–H groups in total. The Morgan fingerprint density at radius 3 is 2.39 bits per heavy atom. The summed E-state index contributed by atoms with van der Waals surface area (Å²) in [4.78, 5) is 0. The summed E-state index contributed by atoms with van der Waals surface area (Å²) in [6.07, 6.45) is 0. The van der Waals surface area contributed by atoms with Crippen molar-refractivity contribution in [1.29, 1.82) is 0 Å². The Bertz CT molecular complexity index is 711. The highest BCUT2D eigenvalue weighted by molar-refractivity contribution is 9.11. The average molecular weight is 366 g/mol. The van der Waals surface area contributed by atoms with Crippen LogP contribution in [0.1, 0.15) is 5.56 Å². The summed E-state index contributed by atoms with van der Waals surface area (Å²) in [5.41, 5.74) is 3.22. The molecule has 0 aliphatic rings. The minimum atomic E-state index is 0.878. The average Bonchev–Trinajstić information content (AvgIpc) is 2.68. The number of furan rings is 1. The van der Waals surface area contributed by atoms with E-state index in [0.717, 1.165) is 31.2 Å². The molecule has 0 radical (unpaired) electrons. The molecular formula is C15H10Br2O. The van der Waals surface area contributed by atoms with Gasteiger partial charge < -0.3 is 4.42 Å². The van der Waals surface area contributed by atoms with Gasteiger partial charge in [0.2, 0.25) is 0 Å². The quantitative estimate of drug-likeness (QED) is 0.520. The van der Waals surface area contributed by atoms with Crippen LogP contribution in [0.15, 0.2) is 55.8 Å². The van der Waals surface area contributed by atoms with E-state index in [4.69, 9.17) is 4.42 Å². The topological polar surface area (TPSA) is 13.1 Å². The first kappa shape index (κ1) is 12.0. The molecule has 0 amide bonds. The molecule has 1 heterocycles. The molecule has 0 fully saturated rings. The van der Waals surface area contributed by atoms with Crippen molar-refractivity contribution in [3.8, 4) is 11.3 Å². The molecule has 90 valence electrons. The normalized spacial score (nSPS) is 11.1. The van der Waals surface area contributed by atoms with Crippen molar-refractivity contribution in [3.05, 3.63) is 57.0 Å². The van der Waals surface area contributed by atoms with E-state index in [0.29, 0.717) is 0 Å². The van der Waals surface area contributed by atoms with Gasteiger partial charge in [0.05, 0.1) is 4.47 Å². The lowest BCUT2D eigenvalue weighted by atomic mass is 10.1. The van der Waals surface area contributed by atoms with Crippen molar-refractivity contribution < 1.29 is 4.42 Å². The molecule has 1 nitrogen and oxygen atoms in total. The Hall–Kier alpha value is -1.06. The third-order valence-electron chi connectivity index (χ3n) is 2.90. The van der Waals surface area contributed by atoms with Crippen molar-refractivity contribution >= 4 is 42.8 Å². The van der Waals surface area contributed by atoms with E-state index < -0.39 is 0 Å². The fourth-order valence-corrected chi connectivity index (χ4v) is 2.91. The van der Waals surface area contributed by atoms with Crippen LogP contribution < -0.4 is 0 Å². The number of hydrogen-bond donors (Lipinski definition) is 0. The Kier molecular flexibility index (Phi) is 3.04. The zero-order valence-electron chi connectivity index (χ0n) is 9.71. The maximum atomic E-state index is 5.91. The molecular weight excluding hydrogens is 356 g/mol. The highest BCUT2D eigenvalue weighted by Crippen LogP contribution is 2.38. The third-order valence-corrected chi connectivity index (χ3v) is 4.18. The molecule has 1 aromatic heterocycles. The molecule has 0 unspecified atom stereocenters. The second kappa shape index (κ2) is 4.56. The molecule has 0 bridgehead atoms. The minimum absolute atomic E-state index is 0.878. The van der Waals surface area contributed by atoms with E-state index in [1.807, 2.05) is 12.1 Å². The first-order valence-corrected chi connectivity index (χ1v) is 7.18. The van der Waals surface area contributed by atoms with Crippen LogP contribution in [0, 0.1) is 6.92 Å². The van der Waals surface area contributed by atoms with Crippen LogP contribution in [0.4, 0.5) is 0 Å². The molecule has 0 aliphatic heterocycles. The van der Waals surface area contributed by atoms with Crippen LogP contribution in [-0.2, 0) is 0 Å². The number of fused-ring (bicyclic) bond motifs is 1. The molecule has 18 heavy (non-hydrogen) atoms.